The summed E-state index contributed by atoms with van der Waals surface area (Å²) in [6.45, 7) is 3.75. The van der Waals surface area contributed by atoms with Crippen molar-refractivity contribution in [3.05, 3.63) is 23.7 Å². The second-order valence-electron chi connectivity index (χ2n) is 8.04. The van der Waals surface area contributed by atoms with E-state index < -0.39 is 0 Å². The molecule has 24 heavy (non-hydrogen) atoms. The number of aryl methyl sites for hydroxylation is 1. The lowest BCUT2D eigenvalue weighted by Gasteiger charge is -2.33. The van der Waals surface area contributed by atoms with Crippen LogP contribution in [-0.4, -0.2) is 38.8 Å². The number of likely N-dealkylation sites (tertiary alicyclic amines) is 1. The minimum absolute atomic E-state index is 0.354. The third kappa shape index (κ3) is 2.17. The Morgan fingerprint density at radius 3 is 2.79 bits per heavy atom. The molecule has 2 saturated carbocycles. The number of nitrogens with one attached hydrogen (secondary N) is 1. The number of aromatic nitrogens is 3. The quantitative estimate of drug-likeness (QED) is 0.923. The summed E-state index contributed by atoms with van der Waals surface area (Å²) in [5, 5.41) is 0. The fraction of sp³-hybridized carbons (Fsp3) is 0.632. The molecule has 1 unspecified atom stereocenters. The molecule has 3 heterocycles. The number of nitrogens with zero attached hydrogens (tertiary/aromatic N) is 3. The molecule has 3 fully saturated rings. The summed E-state index contributed by atoms with van der Waals surface area (Å²) >= 11 is 0. The van der Waals surface area contributed by atoms with Crippen LogP contribution < -0.4 is 0 Å². The summed E-state index contributed by atoms with van der Waals surface area (Å²) < 4.78 is 0. The summed E-state index contributed by atoms with van der Waals surface area (Å²) in [6.07, 6.45) is 8.95. The van der Waals surface area contributed by atoms with Gasteiger partial charge in [-0.2, -0.15) is 0 Å². The van der Waals surface area contributed by atoms with Crippen molar-refractivity contribution in [2.45, 2.75) is 51.4 Å². The van der Waals surface area contributed by atoms with E-state index >= 15 is 0 Å². The molecule has 1 atom stereocenters. The SMILES string of the molecule is Cc1cnc2cc(C3CCN(C(=O)C4CC45CCC5)CC3)[nH]c2n1. The van der Waals surface area contributed by atoms with E-state index in [1.807, 2.05) is 13.1 Å². The number of hydrogen-bond donors (Lipinski definition) is 1. The van der Waals surface area contributed by atoms with E-state index in [9.17, 15) is 4.79 Å². The van der Waals surface area contributed by atoms with Crippen molar-refractivity contribution in [2.24, 2.45) is 11.3 Å². The van der Waals surface area contributed by atoms with Crippen LogP contribution in [0.15, 0.2) is 12.3 Å². The van der Waals surface area contributed by atoms with E-state index in [4.69, 9.17) is 0 Å². The van der Waals surface area contributed by atoms with Gasteiger partial charge in [0.05, 0.1) is 5.69 Å². The lowest BCUT2D eigenvalue weighted by atomic mass is 9.79. The fourth-order valence-corrected chi connectivity index (χ4v) is 4.74. The Morgan fingerprint density at radius 1 is 1.33 bits per heavy atom. The van der Waals surface area contributed by atoms with Crippen molar-refractivity contribution in [3.8, 4) is 0 Å². The Bertz CT molecular complexity index is 799. The number of aromatic amines is 1. The predicted octanol–water partition coefficient (Wildman–Crippen LogP) is 3.16. The van der Waals surface area contributed by atoms with E-state index in [1.54, 1.807) is 0 Å². The molecule has 0 radical (unpaired) electrons. The lowest BCUT2D eigenvalue weighted by molar-refractivity contribution is -0.135. The molecule has 1 aliphatic heterocycles. The molecule has 1 amide bonds. The first-order chi connectivity index (χ1) is 11.6. The molecule has 2 aliphatic carbocycles. The molecule has 0 bridgehead atoms. The van der Waals surface area contributed by atoms with Gasteiger partial charge in [-0.3, -0.25) is 9.78 Å². The summed E-state index contributed by atoms with van der Waals surface area (Å²) in [4.78, 5) is 27.2. The monoisotopic (exact) mass is 324 g/mol. The number of carbonyl (C=O) groups is 1. The molecule has 1 spiro atoms. The first-order valence-electron chi connectivity index (χ1n) is 9.26. The average molecular weight is 324 g/mol. The number of fused-ring (bicyclic) bond motifs is 1. The second-order valence-corrected chi connectivity index (χ2v) is 8.04. The molecule has 1 saturated heterocycles. The first-order valence-corrected chi connectivity index (χ1v) is 9.26. The maximum atomic E-state index is 12.7. The number of rotatable bonds is 2. The third-order valence-electron chi connectivity index (χ3n) is 6.56. The van der Waals surface area contributed by atoms with Crippen LogP contribution in [0.1, 0.15) is 55.8 Å². The topological polar surface area (TPSA) is 61.9 Å². The number of hydrogen-bond acceptors (Lipinski definition) is 3. The van der Waals surface area contributed by atoms with E-state index in [2.05, 4.69) is 25.9 Å². The second kappa shape index (κ2) is 5.04. The van der Waals surface area contributed by atoms with E-state index in [0.29, 0.717) is 23.2 Å². The van der Waals surface area contributed by atoms with Crippen molar-refractivity contribution < 1.29 is 4.79 Å². The van der Waals surface area contributed by atoms with Crippen molar-refractivity contribution in [1.29, 1.82) is 0 Å². The highest BCUT2D eigenvalue weighted by Gasteiger charge is 2.61. The molecular formula is C19H24N4O. The van der Waals surface area contributed by atoms with Crippen molar-refractivity contribution >= 4 is 17.1 Å². The van der Waals surface area contributed by atoms with Gasteiger partial charge < -0.3 is 9.88 Å². The number of piperidine rings is 1. The lowest BCUT2D eigenvalue weighted by Crippen LogP contribution is -2.40. The van der Waals surface area contributed by atoms with Crippen LogP contribution in [0.3, 0.4) is 0 Å². The van der Waals surface area contributed by atoms with E-state index in [-0.39, 0.29) is 0 Å². The van der Waals surface area contributed by atoms with Gasteiger partial charge in [0.15, 0.2) is 5.65 Å². The highest BCUT2D eigenvalue weighted by Crippen LogP contribution is 2.66. The van der Waals surface area contributed by atoms with Gasteiger partial charge in [-0.25, -0.2) is 4.98 Å². The van der Waals surface area contributed by atoms with E-state index in [1.165, 1.54) is 25.0 Å². The third-order valence-corrected chi connectivity index (χ3v) is 6.56. The molecule has 1 N–H and O–H groups in total. The normalized spacial score (nSPS) is 25.9. The molecule has 126 valence electrons. The zero-order chi connectivity index (χ0) is 16.3. The van der Waals surface area contributed by atoms with Crippen LogP contribution in [0, 0.1) is 18.3 Å². The van der Waals surface area contributed by atoms with Crippen LogP contribution in [-0.2, 0) is 4.79 Å². The number of H-pyrrole nitrogens is 1. The maximum Gasteiger partial charge on any atom is 0.226 e. The van der Waals surface area contributed by atoms with Crippen LogP contribution in [0.25, 0.3) is 11.2 Å². The minimum atomic E-state index is 0.354. The molecule has 5 heteroatoms. The molecule has 5 nitrogen and oxygen atoms in total. The Labute approximate surface area is 141 Å². The van der Waals surface area contributed by atoms with Crippen LogP contribution in [0.4, 0.5) is 0 Å². The van der Waals surface area contributed by atoms with Gasteiger partial charge in [0, 0.05) is 36.8 Å². The standard InChI is InChI=1S/C19H24N4O/c1-12-11-20-16-9-15(22-17(16)21-12)13-3-7-23(8-4-13)18(24)14-10-19(14)5-2-6-19/h9,11,13-14H,2-8,10H2,1H3,(H,21,22). The van der Waals surface area contributed by atoms with Gasteiger partial charge in [-0.1, -0.05) is 6.42 Å². The zero-order valence-corrected chi connectivity index (χ0v) is 14.2. The summed E-state index contributed by atoms with van der Waals surface area (Å²) in [5.41, 5.74) is 4.43. The zero-order valence-electron chi connectivity index (χ0n) is 14.2. The highest BCUT2D eigenvalue weighted by molar-refractivity contribution is 5.83. The molecular weight excluding hydrogens is 300 g/mol. The Morgan fingerprint density at radius 2 is 2.12 bits per heavy atom. The fourth-order valence-electron chi connectivity index (χ4n) is 4.74. The Kier molecular flexibility index (Phi) is 3.03. The van der Waals surface area contributed by atoms with Gasteiger partial charge in [0.1, 0.15) is 5.52 Å². The number of carbonyl (C=O) groups excluding carboxylic acids is 1. The summed E-state index contributed by atoms with van der Waals surface area (Å²) in [7, 11) is 0. The summed E-state index contributed by atoms with van der Waals surface area (Å²) in [5.74, 6) is 1.28. The minimum Gasteiger partial charge on any atom is -0.342 e. The van der Waals surface area contributed by atoms with Gasteiger partial charge >= 0.3 is 0 Å². The van der Waals surface area contributed by atoms with Crippen LogP contribution in [0.2, 0.25) is 0 Å². The van der Waals surface area contributed by atoms with Gasteiger partial charge in [0.2, 0.25) is 5.91 Å². The predicted molar refractivity (Wildman–Crippen MR) is 91.6 cm³/mol. The van der Waals surface area contributed by atoms with Gasteiger partial charge in [-0.05, 0) is 50.5 Å². The van der Waals surface area contributed by atoms with Crippen molar-refractivity contribution in [3.63, 3.8) is 0 Å². The molecule has 5 rings (SSSR count). The molecule has 3 aliphatic rings. The number of amides is 1. The van der Waals surface area contributed by atoms with Crippen LogP contribution in [0.5, 0.6) is 0 Å². The largest absolute Gasteiger partial charge is 0.342 e. The maximum absolute atomic E-state index is 12.7. The molecule has 2 aromatic rings. The summed E-state index contributed by atoms with van der Waals surface area (Å²) in [6, 6.07) is 2.13. The van der Waals surface area contributed by atoms with E-state index in [0.717, 1.165) is 49.2 Å². The molecule has 0 aromatic carbocycles. The smallest absolute Gasteiger partial charge is 0.226 e. The van der Waals surface area contributed by atoms with Gasteiger partial charge in [0.25, 0.3) is 0 Å². The van der Waals surface area contributed by atoms with Crippen molar-refractivity contribution in [2.75, 3.05) is 13.1 Å². The van der Waals surface area contributed by atoms with Gasteiger partial charge in [-0.15, -0.1) is 0 Å². The Hall–Kier alpha value is -1.91. The first kappa shape index (κ1) is 14.4. The Balaban J connectivity index is 1.25. The molecule has 2 aromatic heterocycles. The van der Waals surface area contributed by atoms with Crippen molar-refractivity contribution in [1.82, 2.24) is 19.9 Å². The average Bonchev–Trinajstić information content (AvgIpc) is 3.21. The van der Waals surface area contributed by atoms with Crippen LogP contribution >= 0.6 is 0 Å². The highest BCUT2D eigenvalue weighted by atomic mass is 16.2.